The van der Waals surface area contributed by atoms with Crippen molar-refractivity contribution in [2.45, 2.75) is 13.8 Å². The van der Waals surface area contributed by atoms with Crippen LogP contribution >= 0.6 is 12.2 Å². The van der Waals surface area contributed by atoms with Crippen molar-refractivity contribution in [3.8, 4) is 0 Å². The van der Waals surface area contributed by atoms with Gasteiger partial charge in [-0.25, -0.2) is 0 Å². The summed E-state index contributed by atoms with van der Waals surface area (Å²) in [4.78, 5) is 31.0. The quantitative estimate of drug-likeness (QED) is 0.262. The monoisotopic (exact) mass is 311 g/mol. The Morgan fingerprint density at radius 2 is 2.10 bits per heavy atom. The number of rotatable bonds is 8. The Morgan fingerprint density at radius 1 is 1.43 bits per heavy atom. The minimum Gasteiger partial charge on any atom is -0.334 e. The third-order valence-electron chi connectivity index (χ3n) is 3.45. The highest BCUT2D eigenvalue weighted by Gasteiger charge is 2.36. The highest BCUT2D eigenvalue weighted by molar-refractivity contribution is 7.80. The van der Waals surface area contributed by atoms with Gasteiger partial charge in [-0.2, -0.15) is 0 Å². The van der Waals surface area contributed by atoms with Crippen LogP contribution in [0.3, 0.4) is 0 Å². The lowest BCUT2D eigenvalue weighted by atomic mass is 10.1. The lowest BCUT2D eigenvalue weighted by Crippen LogP contribution is -3.11. The van der Waals surface area contributed by atoms with Crippen molar-refractivity contribution in [1.29, 1.82) is 0 Å². The number of nitrogens with one attached hydrogen (secondary N) is 2. The number of amides is 2. The fraction of sp³-hybridized carbons (Fsp3) is 0.571. The molecular formula is C14H23N4O2S+. The molecule has 7 heteroatoms. The third-order valence-corrected chi connectivity index (χ3v) is 3.77. The van der Waals surface area contributed by atoms with Gasteiger partial charge in [-0.3, -0.25) is 19.5 Å². The predicted molar refractivity (Wildman–Crippen MR) is 86.4 cm³/mol. The molecule has 0 aromatic rings. The summed E-state index contributed by atoms with van der Waals surface area (Å²) in [6, 6.07) is 0. The van der Waals surface area contributed by atoms with Crippen molar-refractivity contribution in [1.82, 2.24) is 10.2 Å². The molecule has 1 rings (SSSR count). The van der Waals surface area contributed by atoms with Gasteiger partial charge >= 0.3 is 0 Å². The molecular weight excluding hydrogens is 288 g/mol. The molecule has 116 valence electrons. The summed E-state index contributed by atoms with van der Waals surface area (Å²) in [5.74, 6) is -1.66. The molecule has 0 spiro atoms. The first-order valence-corrected chi connectivity index (χ1v) is 7.56. The number of carbonyl (C=O) groups is 2. The van der Waals surface area contributed by atoms with Gasteiger partial charge < -0.3 is 10.2 Å². The van der Waals surface area contributed by atoms with Gasteiger partial charge in [-0.05, 0) is 26.1 Å². The Morgan fingerprint density at radius 3 is 2.67 bits per heavy atom. The molecule has 0 aromatic carbocycles. The highest BCUT2D eigenvalue weighted by Crippen LogP contribution is 2.09. The molecule has 0 saturated carbocycles. The average molecular weight is 311 g/mol. The van der Waals surface area contributed by atoms with E-state index in [4.69, 9.17) is 12.2 Å². The van der Waals surface area contributed by atoms with E-state index < -0.39 is 11.8 Å². The maximum atomic E-state index is 12.2. The van der Waals surface area contributed by atoms with E-state index >= 15 is 0 Å². The van der Waals surface area contributed by atoms with Crippen molar-refractivity contribution in [3.63, 3.8) is 0 Å². The van der Waals surface area contributed by atoms with Crippen molar-refractivity contribution >= 4 is 35.4 Å². The van der Waals surface area contributed by atoms with Crippen LogP contribution in [0.5, 0.6) is 0 Å². The topological polar surface area (TPSA) is 66.2 Å². The lowest BCUT2D eigenvalue weighted by Gasteiger charge is -2.29. The van der Waals surface area contributed by atoms with E-state index in [1.54, 1.807) is 6.08 Å². The predicted octanol–water partition coefficient (Wildman–Crippen LogP) is -0.973. The Labute approximate surface area is 130 Å². The molecule has 1 fully saturated rings. The molecule has 1 aliphatic heterocycles. The van der Waals surface area contributed by atoms with E-state index in [1.165, 1.54) is 16.0 Å². The van der Waals surface area contributed by atoms with Crippen LogP contribution in [0.2, 0.25) is 0 Å². The van der Waals surface area contributed by atoms with Crippen LogP contribution in [0.4, 0.5) is 0 Å². The SMILES string of the molecule is C=CCN1C(=O)C(C=NCC[NH+](CC)CC)C(=O)NC1=S. The first kappa shape index (κ1) is 17.5. The summed E-state index contributed by atoms with van der Waals surface area (Å²) in [7, 11) is 0. The molecule has 21 heavy (non-hydrogen) atoms. The maximum absolute atomic E-state index is 12.2. The van der Waals surface area contributed by atoms with Gasteiger partial charge in [0.25, 0.3) is 0 Å². The van der Waals surface area contributed by atoms with Crippen LogP contribution in [0, 0.1) is 5.92 Å². The van der Waals surface area contributed by atoms with Crippen molar-refractivity contribution in [3.05, 3.63) is 12.7 Å². The molecule has 1 aliphatic rings. The molecule has 2 amide bonds. The van der Waals surface area contributed by atoms with Crippen LogP contribution < -0.4 is 10.2 Å². The van der Waals surface area contributed by atoms with Crippen molar-refractivity contribution in [2.75, 3.05) is 32.7 Å². The van der Waals surface area contributed by atoms with Crippen LogP contribution in [-0.2, 0) is 9.59 Å². The Hall–Kier alpha value is -1.60. The summed E-state index contributed by atoms with van der Waals surface area (Å²) in [5, 5.41) is 2.65. The summed E-state index contributed by atoms with van der Waals surface area (Å²) in [6.07, 6.45) is 3.00. The largest absolute Gasteiger partial charge is 0.334 e. The highest BCUT2D eigenvalue weighted by atomic mass is 32.1. The van der Waals surface area contributed by atoms with Gasteiger partial charge in [0, 0.05) is 12.8 Å². The van der Waals surface area contributed by atoms with Gasteiger partial charge in [-0.1, -0.05) is 6.08 Å². The van der Waals surface area contributed by atoms with E-state index in [-0.39, 0.29) is 17.6 Å². The third kappa shape index (κ3) is 4.71. The number of aliphatic imine (C=N–C) groups is 1. The normalized spacial score (nSPS) is 19.5. The Kier molecular flexibility index (Phi) is 7.18. The molecule has 0 radical (unpaired) electrons. The van der Waals surface area contributed by atoms with E-state index in [2.05, 4.69) is 30.7 Å². The minimum atomic E-state index is -0.900. The fourth-order valence-corrected chi connectivity index (χ4v) is 2.34. The van der Waals surface area contributed by atoms with Gasteiger partial charge in [0.05, 0.1) is 26.2 Å². The van der Waals surface area contributed by atoms with Crippen molar-refractivity contribution in [2.24, 2.45) is 10.9 Å². The zero-order valence-corrected chi connectivity index (χ0v) is 13.4. The minimum absolute atomic E-state index is 0.127. The second-order valence-corrected chi connectivity index (χ2v) is 5.16. The molecule has 6 nitrogen and oxygen atoms in total. The van der Waals surface area contributed by atoms with Crippen LogP contribution in [-0.4, -0.2) is 60.8 Å². The second-order valence-electron chi connectivity index (χ2n) is 4.77. The van der Waals surface area contributed by atoms with Crippen molar-refractivity contribution < 1.29 is 14.5 Å². The Balaban J connectivity index is 2.63. The standard InChI is InChI=1S/C14H22N4O2S/c1-4-8-18-13(20)11(12(19)16-14(18)21)10-15-7-9-17(5-2)6-3/h4,10-11H,1,5-9H2,2-3H3,(H,16,19,21)/p+1. The number of hydrogen-bond acceptors (Lipinski definition) is 4. The Bertz CT molecular complexity index is 446. The van der Waals surface area contributed by atoms with Crippen LogP contribution in [0.25, 0.3) is 0 Å². The summed E-state index contributed by atoms with van der Waals surface area (Å²) in [5.41, 5.74) is 0. The molecule has 1 saturated heterocycles. The van der Waals surface area contributed by atoms with Gasteiger partial charge in [0.15, 0.2) is 11.0 Å². The maximum Gasteiger partial charge on any atom is 0.247 e. The van der Waals surface area contributed by atoms with Gasteiger partial charge in [0.1, 0.15) is 0 Å². The number of hydrogen-bond donors (Lipinski definition) is 2. The summed E-state index contributed by atoms with van der Waals surface area (Å²) >= 11 is 4.98. The van der Waals surface area contributed by atoms with Crippen LogP contribution in [0.1, 0.15) is 13.8 Å². The molecule has 2 N–H and O–H groups in total. The molecule has 0 aromatic heterocycles. The molecule has 1 atom stereocenters. The molecule has 0 aliphatic carbocycles. The number of carbonyl (C=O) groups excluding carboxylic acids is 2. The fourth-order valence-electron chi connectivity index (χ4n) is 2.07. The number of thiocarbonyl (C=S) groups is 1. The van der Waals surface area contributed by atoms with E-state index in [9.17, 15) is 9.59 Å². The second kappa shape index (κ2) is 8.63. The number of nitrogens with zero attached hydrogens (tertiary/aromatic N) is 2. The van der Waals surface area contributed by atoms with E-state index in [1.807, 2.05) is 0 Å². The summed E-state index contributed by atoms with van der Waals surface area (Å²) in [6.45, 7) is 11.7. The van der Waals surface area contributed by atoms with E-state index in [0.717, 1.165) is 19.6 Å². The van der Waals surface area contributed by atoms with Crippen LogP contribution in [0.15, 0.2) is 17.6 Å². The summed E-state index contributed by atoms with van der Waals surface area (Å²) < 4.78 is 0. The molecule has 1 unspecified atom stereocenters. The zero-order valence-electron chi connectivity index (χ0n) is 12.6. The van der Waals surface area contributed by atoms with E-state index in [0.29, 0.717) is 6.54 Å². The first-order valence-electron chi connectivity index (χ1n) is 7.15. The number of quaternary nitrogens is 1. The van der Waals surface area contributed by atoms with Gasteiger partial charge in [-0.15, -0.1) is 6.58 Å². The molecule has 0 bridgehead atoms. The zero-order chi connectivity index (χ0) is 15.8. The first-order chi connectivity index (χ1) is 10.0. The number of likely N-dealkylation sites (N-methyl/N-ethyl adjacent to an activating group) is 1. The average Bonchev–Trinajstić information content (AvgIpc) is 2.46. The van der Waals surface area contributed by atoms with Gasteiger partial charge in [0.2, 0.25) is 11.8 Å². The lowest BCUT2D eigenvalue weighted by molar-refractivity contribution is -0.894. The molecule has 1 heterocycles. The smallest absolute Gasteiger partial charge is 0.247 e.